The summed E-state index contributed by atoms with van der Waals surface area (Å²) in [7, 11) is 0. The zero-order valence-electron chi connectivity index (χ0n) is 6.83. The van der Waals surface area contributed by atoms with Crippen molar-refractivity contribution in [3.05, 3.63) is 24.3 Å². The highest BCUT2D eigenvalue weighted by Crippen LogP contribution is 2.07. The molecule has 0 saturated carbocycles. The van der Waals surface area contributed by atoms with Crippen LogP contribution in [0.5, 0.6) is 0 Å². The molecule has 0 radical (unpaired) electrons. The second-order valence-corrected chi connectivity index (χ2v) is 3.12. The smallest absolute Gasteiger partial charge is 0.119 e. The van der Waals surface area contributed by atoms with Crippen LogP contribution in [0.15, 0.2) is 24.3 Å². The molecule has 11 heavy (non-hydrogen) atoms. The van der Waals surface area contributed by atoms with Crippen LogP contribution in [0, 0.1) is 17.8 Å². The van der Waals surface area contributed by atoms with Crippen LogP contribution in [0.2, 0.25) is 0 Å². The van der Waals surface area contributed by atoms with E-state index in [9.17, 15) is 5.11 Å². The number of hydrogen-bond donors (Lipinski definition) is 1. The molecule has 0 aliphatic heterocycles. The van der Waals surface area contributed by atoms with E-state index in [0.717, 1.165) is 0 Å². The Balaban J connectivity index is 2.57. The Bertz CT molecular complexity index is 230. The van der Waals surface area contributed by atoms with Gasteiger partial charge in [-0.2, -0.15) is 0 Å². The fourth-order valence-electron chi connectivity index (χ4n) is 0.788. The average molecular weight is 148 g/mol. The van der Waals surface area contributed by atoms with Gasteiger partial charge in [-0.25, -0.2) is 0 Å². The second kappa shape index (κ2) is 2.94. The Hall–Kier alpha value is -1.00. The second-order valence-electron chi connectivity index (χ2n) is 3.12. The minimum absolute atomic E-state index is 0.196. The molecular formula is C10H12O. The summed E-state index contributed by atoms with van der Waals surface area (Å²) in [5.74, 6) is 5.91. The summed E-state index contributed by atoms with van der Waals surface area (Å²) in [6.45, 7) is 3.37. The van der Waals surface area contributed by atoms with Crippen molar-refractivity contribution in [1.29, 1.82) is 0 Å². The third kappa shape index (κ3) is 3.06. The molecule has 0 fully saturated rings. The van der Waals surface area contributed by atoms with Crippen LogP contribution in [0.1, 0.15) is 13.8 Å². The van der Waals surface area contributed by atoms with Crippen molar-refractivity contribution in [1.82, 2.24) is 0 Å². The molecule has 1 N–H and O–H groups in total. The lowest BCUT2D eigenvalue weighted by molar-refractivity contribution is 0.143. The van der Waals surface area contributed by atoms with Gasteiger partial charge in [-0.3, -0.25) is 0 Å². The van der Waals surface area contributed by atoms with Gasteiger partial charge in [-0.15, -0.1) is 0 Å². The average Bonchev–Trinajstić information content (AvgIpc) is 2.32. The molecule has 1 aliphatic carbocycles. The van der Waals surface area contributed by atoms with Crippen molar-refractivity contribution in [3.8, 4) is 11.8 Å². The predicted octanol–water partition coefficient (Wildman–Crippen LogP) is 1.50. The molecule has 1 rings (SSSR count). The SMILES string of the molecule is CC(C)(O)C#CC1C=CC=C1. The summed E-state index contributed by atoms with van der Waals surface area (Å²) in [5, 5.41) is 9.26. The molecule has 0 aromatic rings. The maximum absolute atomic E-state index is 9.26. The Labute approximate surface area is 67.4 Å². The quantitative estimate of drug-likeness (QED) is 0.516. The molecule has 1 aliphatic rings. The summed E-state index contributed by atoms with van der Waals surface area (Å²) in [6, 6.07) is 0. The Morgan fingerprint density at radius 2 is 1.82 bits per heavy atom. The largest absolute Gasteiger partial charge is 0.378 e. The Morgan fingerprint density at radius 1 is 1.27 bits per heavy atom. The maximum atomic E-state index is 9.26. The molecule has 0 saturated heterocycles. The van der Waals surface area contributed by atoms with E-state index < -0.39 is 5.60 Å². The summed E-state index contributed by atoms with van der Waals surface area (Å²) in [5.41, 5.74) is -0.871. The number of hydrogen-bond acceptors (Lipinski definition) is 1. The number of aliphatic hydroxyl groups is 1. The molecule has 58 valence electrons. The van der Waals surface area contributed by atoms with E-state index in [1.54, 1.807) is 13.8 Å². The van der Waals surface area contributed by atoms with Crippen molar-refractivity contribution in [2.75, 3.05) is 0 Å². The van der Waals surface area contributed by atoms with Crippen molar-refractivity contribution in [2.24, 2.45) is 5.92 Å². The van der Waals surface area contributed by atoms with E-state index >= 15 is 0 Å². The van der Waals surface area contributed by atoms with Gasteiger partial charge in [0, 0.05) is 0 Å². The fraction of sp³-hybridized carbons (Fsp3) is 0.400. The van der Waals surface area contributed by atoms with Gasteiger partial charge in [0.15, 0.2) is 0 Å². The van der Waals surface area contributed by atoms with Gasteiger partial charge < -0.3 is 5.11 Å². The first kappa shape index (κ1) is 8.10. The molecule has 0 amide bonds. The Kier molecular flexibility index (Phi) is 2.16. The minimum Gasteiger partial charge on any atom is -0.378 e. The minimum atomic E-state index is -0.871. The molecule has 0 aromatic carbocycles. The van der Waals surface area contributed by atoms with Crippen LogP contribution in [-0.2, 0) is 0 Å². The van der Waals surface area contributed by atoms with E-state index in [0.29, 0.717) is 0 Å². The maximum Gasteiger partial charge on any atom is 0.119 e. The summed E-state index contributed by atoms with van der Waals surface area (Å²) in [4.78, 5) is 0. The standard InChI is InChI=1S/C10H12O/c1-10(2,11)8-7-9-5-3-4-6-9/h3-6,9,11H,1-2H3. The van der Waals surface area contributed by atoms with Crippen LogP contribution in [0.25, 0.3) is 0 Å². The van der Waals surface area contributed by atoms with Gasteiger partial charge in [0.25, 0.3) is 0 Å². The number of allylic oxidation sites excluding steroid dienone is 4. The van der Waals surface area contributed by atoms with Gasteiger partial charge in [0.2, 0.25) is 0 Å². The van der Waals surface area contributed by atoms with Gasteiger partial charge in [-0.1, -0.05) is 36.1 Å². The predicted molar refractivity (Wildman–Crippen MR) is 45.8 cm³/mol. The highest BCUT2D eigenvalue weighted by Gasteiger charge is 2.06. The zero-order valence-corrected chi connectivity index (χ0v) is 6.83. The monoisotopic (exact) mass is 148 g/mol. The normalized spacial score (nSPS) is 16.6. The fourth-order valence-corrected chi connectivity index (χ4v) is 0.788. The van der Waals surface area contributed by atoms with E-state index in [1.807, 2.05) is 24.3 Å². The van der Waals surface area contributed by atoms with Crippen molar-refractivity contribution >= 4 is 0 Å². The highest BCUT2D eigenvalue weighted by molar-refractivity contribution is 5.28. The highest BCUT2D eigenvalue weighted by atomic mass is 16.3. The molecule has 0 aromatic heterocycles. The van der Waals surface area contributed by atoms with E-state index in [4.69, 9.17) is 0 Å². The van der Waals surface area contributed by atoms with Crippen LogP contribution in [0.3, 0.4) is 0 Å². The third-order valence-electron chi connectivity index (χ3n) is 1.29. The van der Waals surface area contributed by atoms with E-state index in [1.165, 1.54) is 0 Å². The Morgan fingerprint density at radius 3 is 2.27 bits per heavy atom. The molecule has 0 atom stereocenters. The van der Waals surface area contributed by atoms with Gasteiger partial charge in [0.05, 0.1) is 5.92 Å². The van der Waals surface area contributed by atoms with Gasteiger partial charge in [-0.05, 0) is 13.8 Å². The van der Waals surface area contributed by atoms with E-state index in [2.05, 4.69) is 11.8 Å². The summed E-state index contributed by atoms with van der Waals surface area (Å²) in [6.07, 6.45) is 7.92. The summed E-state index contributed by atoms with van der Waals surface area (Å²) < 4.78 is 0. The van der Waals surface area contributed by atoms with Crippen molar-refractivity contribution in [3.63, 3.8) is 0 Å². The molecule has 1 heteroatoms. The third-order valence-corrected chi connectivity index (χ3v) is 1.29. The molecule has 0 unspecified atom stereocenters. The first-order valence-corrected chi connectivity index (χ1v) is 3.68. The van der Waals surface area contributed by atoms with Gasteiger partial charge in [0.1, 0.15) is 5.60 Å². The number of rotatable bonds is 0. The molecule has 0 heterocycles. The van der Waals surface area contributed by atoms with Crippen LogP contribution >= 0.6 is 0 Å². The van der Waals surface area contributed by atoms with Crippen LogP contribution in [0.4, 0.5) is 0 Å². The zero-order chi connectivity index (χ0) is 8.32. The molecule has 0 spiro atoms. The molecule has 0 bridgehead atoms. The molecule has 1 nitrogen and oxygen atoms in total. The van der Waals surface area contributed by atoms with Crippen molar-refractivity contribution < 1.29 is 5.11 Å². The molecular weight excluding hydrogens is 136 g/mol. The first-order chi connectivity index (χ1) is 5.08. The lowest BCUT2D eigenvalue weighted by Gasteiger charge is -2.06. The topological polar surface area (TPSA) is 20.2 Å². The van der Waals surface area contributed by atoms with E-state index in [-0.39, 0.29) is 5.92 Å². The lowest BCUT2D eigenvalue weighted by atomic mass is 10.1. The first-order valence-electron chi connectivity index (χ1n) is 3.68. The van der Waals surface area contributed by atoms with Gasteiger partial charge >= 0.3 is 0 Å². The van der Waals surface area contributed by atoms with Crippen molar-refractivity contribution in [2.45, 2.75) is 19.4 Å². The van der Waals surface area contributed by atoms with Crippen LogP contribution < -0.4 is 0 Å². The lowest BCUT2D eigenvalue weighted by Crippen LogP contribution is -2.14. The van der Waals surface area contributed by atoms with Crippen LogP contribution in [-0.4, -0.2) is 10.7 Å². The summed E-state index contributed by atoms with van der Waals surface area (Å²) >= 11 is 0.